The van der Waals surface area contributed by atoms with Crippen LogP contribution in [-0.4, -0.2) is 33.1 Å². The van der Waals surface area contributed by atoms with Crippen LogP contribution in [0, 0.1) is 5.82 Å². The minimum Gasteiger partial charge on any atom is -0.507 e. The fourth-order valence-electron chi connectivity index (χ4n) is 5.70. The topological polar surface area (TPSA) is 102 Å². The molecule has 2 aliphatic heterocycles. The van der Waals surface area contributed by atoms with E-state index in [1.807, 2.05) is 37.3 Å². The molecule has 1 N–H and O–H groups in total. The van der Waals surface area contributed by atoms with E-state index in [4.69, 9.17) is 9.47 Å². The van der Waals surface area contributed by atoms with Gasteiger partial charge >= 0.3 is 5.91 Å². The van der Waals surface area contributed by atoms with Gasteiger partial charge in [0.25, 0.3) is 5.78 Å². The van der Waals surface area contributed by atoms with Gasteiger partial charge in [-0.3, -0.25) is 14.5 Å². The summed E-state index contributed by atoms with van der Waals surface area (Å²) in [5, 5.41) is 20.4. The van der Waals surface area contributed by atoms with E-state index in [1.54, 1.807) is 60.7 Å². The molecule has 1 saturated heterocycles. The lowest BCUT2D eigenvalue weighted by Gasteiger charge is -2.23. The van der Waals surface area contributed by atoms with Crippen molar-refractivity contribution in [3.8, 4) is 11.5 Å². The number of fused-ring (bicyclic) bond motifs is 1. The minimum atomic E-state index is -1.02. The summed E-state index contributed by atoms with van der Waals surface area (Å²) in [6.45, 7) is 2.28. The number of rotatable bonds is 9. The van der Waals surface area contributed by atoms with Crippen LogP contribution >= 0.6 is 23.1 Å². The highest BCUT2D eigenvalue weighted by Crippen LogP contribution is 2.45. The van der Waals surface area contributed by atoms with Gasteiger partial charge in [-0.2, -0.15) is 0 Å². The standard InChI is InChI=1S/C36H28FN3O5S2/c1-21-16-26-17-24(14-15-29(26)45-21)32(41)30-31(23-11-7-12-27(18-23)44-19-22-8-3-2-4-9-22)40(34(43)33(30)42)35-38-39-36(47-35)46-20-25-10-5-6-13-28(25)37/h2-15,17-18,21,31,41H,16,19-20H2,1H3/b32-30+/t21-,31+/m1/s1. The third kappa shape index (κ3) is 6.24. The third-order valence-electron chi connectivity index (χ3n) is 7.95. The number of aliphatic hydroxyl groups is 1. The summed E-state index contributed by atoms with van der Waals surface area (Å²) >= 11 is 2.39. The SMILES string of the molecule is C[C@@H]1Cc2cc(/C(O)=C3\C(=O)C(=O)N(c4nnc(SCc5ccccc5F)s4)[C@H]3c3cccc(OCc4ccccc4)c3)ccc2O1. The second-order valence-electron chi connectivity index (χ2n) is 11.2. The zero-order valence-electron chi connectivity index (χ0n) is 25.1. The quantitative estimate of drug-likeness (QED) is 0.0568. The Labute approximate surface area is 278 Å². The number of ether oxygens (including phenoxy) is 2. The fourth-order valence-corrected chi connectivity index (χ4v) is 7.55. The van der Waals surface area contributed by atoms with Gasteiger partial charge in [0.2, 0.25) is 5.13 Å². The number of ketones is 1. The third-order valence-corrected chi connectivity index (χ3v) is 10.1. The molecule has 4 aromatic carbocycles. The Morgan fingerprint density at radius 1 is 1.02 bits per heavy atom. The lowest BCUT2D eigenvalue weighted by molar-refractivity contribution is -0.132. The molecule has 8 nitrogen and oxygen atoms in total. The molecule has 5 aromatic rings. The lowest BCUT2D eigenvalue weighted by Crippen LogP contribution is -2.29. The number of hydrogen-bond donors (Lipinski definition) is 1. The van der Waals surface area contributed by atoms with Crippen LogP contribution in [0.3, 0.4) is 0 Å². The van der Waals surface area contributed by atoms with Crippen molar-refractivity contribution in [1.29, 1.82) is 0 Å². The first-order valence-electron chi connectivity index (χ1n) is 14.9. The molecule has 2 aliphatic rings. The van der Waals surface area contributed by atoms with Crippen molar-refractivity contribution < 1.29 is 28.6 Å². The molecule has 7 rings (SSSR count). The van der Waals surface area contributed by atoms with Gasteiger partial charge in [-0.25, -0.2) is 4.39 Å². The Morgan fingerprint density at radius 2 is 1.83 bits per heavy atom. The van der Waals surface area contributed by atoms with Gasteiger partial charge in [0, 0.05) is 17.7 Å². The average Bonchev–Trinajstić information content (AvgIpc) is 3.78. The zero-order valence-corrected chi connectivity index (χ0v) is 26.8. The molecule has 11 heteroatoms. The first-order chi connectivity index (χ1) is 22.9. The van der Waals surface area contributed by atoms with Gasteiger partial charge in [-0.15, -0.1) is 10.2 Å². The molecule has 0 saturated carbocycles. The number of amides is 1. The van der Waals surface area contributed by atoms with Gasteiger partial charge in [0.05, 0.1) is 11.6 Å². The maximum Gasteiger partial charge on any atom is 0.301 e. The van der Waals surface area contributed by atoms with Gasteiger partial charge in [0.1, 0.15) is 35.8 Å². The van der Waals surface area contributed by atoms with Crippen LogP contribution < -0.4 is 14.4 Å². The van der Waals surface area contributed by atoms with E-state index in [1.165, 1.54) is 22.7 Å². The molecule has 236 valence electrons. The van der Waals surface area contributed by atoms with Crippen molar-refractivity contribution in [1.82, 2.24) is 10.2 Å². The molecule has 0 aliphatic carbocycles. The molecule has 0 bridgehead atoms. The molecule has 1 aromatic heterocycles. The molecular formula is C36H28FN3O5S2. The molecular weight excluding hydrogens is 638 g/mol. The highest BCUT2D eigenvalue weighted by atomic mass is 32.2. The summed E-state index contributed by atoms with van der Waals surface area (Å²) in [4.78, 5) is 28.8. The van der Waals surface area contributed by atoms with Crippen LogP contribution in [0.1, 0.15) is 40.8 Å². The van der Waals surface area contributed by atoms with Gasteiger partial charge in [-0.1, -0.05) is 83.8 Å². The molecule has 3 heterocycles. The van der Waals surface area contributed by atoms with Crippen molar-refractivity contribution >= 4 is 45.7 Å². The Kier molecular flexibility index (Phi) is 8.48. The summed E-state index contributed by atoms with van der Waals surface area (Å²) in [7, 11) is 0. The smallest absolute Gasteiger partial charge is 0.301 e. The molecule has 1 fully saturated rings. The monoisotopic (exact) mass is 665 g/mol. The molecule has 0 radical (unpaired) electrons. The zero-order chi connectivity index (χ0) is 32.5. The van der Waals surface area contributed by atoms with Crippen molar-refractivity contribution in [2.45, 2.75) is 42.2 Å². The number of aromatic nitrogens is 2. The van der Waals surface area contributed by atoms with Crippen LogP contribution in [-0.2, 0) is 28.4 Å². The summed E-state index contributed by atoms with van der Waals surface area (Å²) in [6.07, 6.45) is 0.655. The van der Waals surface area contributed by atoms with E-state index >= 15 is 0 Å². The van der Waals surface area contributed by atoms with E-state index in [0.29, 0.717) is 45.6 Å². The first kappa shape index (κ1) is 30.6. The Hall–Kier alpha value is -5.00. The summed E-state index contributed by atoms with van der Waals surface area (Å²) in [6, 6.07) is 27.5. The molecule has 0 unspecified atom stereocenters. The number of Topliss-reactive ketones (excluding diaryl/α,β-unsaturated/α-hetero) is 1. The second kappa shape index (κ2) is 13.0. The first-order valence-corrected chi connectivity index (χ1v) is 16.7. The number of halogens is 1. The van der Waals surface area contributed by atoms with Crippen molar-refractivity contribution in [2.75, 3.05) is 4.90 Å². The highest BCUT2D eigenvalue weighted by molar-refractivity contribution is 8.00. The number of thioether (sulfide) groups is 1. The Bertz CT molecular complexity index is 2010. The average molecular weight is 666 g/mol. The maximum absolute atomic E-state index is 14.2. The van der Waals surface area contributed by atoms with Gasteiger partial charge in [-0.05, 0) is 65.6 Å². The lowest BCUT2D eigenvalue weighted by atomic mass is 9.94. The van der Waals surface area contributed by atoms with Crippen LogP contribution in [0.25, 0.3) is 5.76 Å². The van der Waals surface area contributed by atoms with E-state index in [-0.39, 0.29) is 28.4 Å². The van der Waals surface area contributed by atoms with Crippen molar-refractivity contribution in [3.63, 3.8) is 0 Å². The number of aliphatic hydroxyl groups excluding tert-OH is 1. The van der Waals surface area contributed by atoms with Crippen LogP contribution in [0.2, 0.25) is 0 Å². The van der Waals surface area contributed by atoms with E-state index in [9.17, 15) is 19.1 Å². The Morgan fingerprint density at radius 3 is 2.66 bits per heavy atom. The van der Waals surface area contributed by atoms with Crippen LogP contribution in [0.4, 0.5) is 9.52 Å². The van der Waals surface area contributed by atoms with E-state index in [0.717, 1.165) is 28.2 Å². The predicted octanol–water partition coefficient (Wildman–Crippen LogP) is 7.50. The summed E-state index contributed by atoms with van der Waals surface area (Å²) in [5.74, 6) is -0.742. The maximum atomic E-state index is 14.2. The summed E-state index contributed by atoms with van der Waals surface area (Å²) < 4.78 is 26.6. The van der Waals surface area contributed by atoms with Crippen molar-refractivity contribution in [2.24, 2.45) is 0 Å². The number of hydrogen-bond acceptors (Lipinski definition) is 9. The van der Waals surface area contributed by atoms with Crippen LogP contribution in [0.15, 0.2) is 107 Å². The van der Waals surface area contributed by atoms with Crippen molar-refractivity contribution in [3.05, 3.63) is 136 Å². The molecule has 2 atom stereocenters. The number of carbonyl (C=O) groups is 2. The Balaban J connectivity index is 1.26. The highest BCUT2D eigenvalue weighted by Gasteiger charge is 2.48. The molecule has 0 spiro atoms. The normalized spacial score (nSPS) is 18.3. The second-order valence-corrected chi connectivity index (χ2v) is 13.4. The van der Waals surface area contributed by atoms with E-state index in [2.05, 4.69) is 10.2 Å². The number of nitrogens with zero attached hydrogens (tertiary/aromatic N) is 3. The number of benzene rings is 4. The minimum absolute atomic E-state index is 0.00514. The van der Waals surface area contributed by atoms with Gasteiger partial charge < -0.3 is 14.6 Å². The number of anilines is 1. The fraction of sp³-hybridized carbons (Fsp3) is 0.167. The molecule has 1 amide bonds. The molecule has 47 heavy (non-hydrogen) atoms. The van der Waals surface area contributed by atoms with Crippen LogP contribution in [0.5, 0.6) is 11.5 Å². The summed E-state index contributed by atoms with van der Waals surface area (Å²) in [5.41, 5.74) is 3.27. The number of carbonyl (C=O) groups excluding carboxylic acids is 2. The van der Waals surface area contributed by atoms with E-state index < -0.39 is 17.7 Å². The van der Waals surface area contributed by atoms with Gasteiger partial charge in [0.15, 0.2) is 4.34 Å². The largest absolute Gasteiger partial charge is 0.507 e. The predicted molar refractivity (Wildman–Crippen MR) is 178 cm³/mol.